The van der Waals surface area contributed by atoms with Gasteiger partial charge in [0, 0.05) is 19.3 Å². The van der Waals surface area contributed by atoms with Crippen LogP contribution in [0.15, 0.2) is 24.3 Å². The molecule has 0 bridgehead atoms. The topological polar surface area (TPSA) is 78.9 Å². The first kappa shape index (κ1) is 66.9. The highest BCUT2D eigenvalue weighted by molar-refractivity contribution is 5.71. The molecule has 0 N–H and O–H groups in total. The van der Waals surface area contributed by atoms with Crippen molar-refractivity contribution < 1.29 is 28.6 Å². The van der Waals surface area contributed by atoms with Gasteiger partial charge >= 0.3 is 17.9 Å². The number of carbonyl (C=O) groups is 3. The van der Waals surface area contributed by atoms with Crippen molar-refractivity contribution in [3.8, 4) is 0 Å². The summed E-state index contributed by atoms with van der Waals surface area (Å²) in [7, 11) is 0. The van der Waals surface area contributed by atoms with Gasteiger partial charge in [-0.2, -0.15) is 0 Å². The van der Waals surface area contributed by atoms with Crippen LogP contribution >= 0.6 is 0 Å². The van der Waals surface area contributed by atoms with Crippen molar-refractivity contribution in [2.75, 3.05) is 13.2 Å². The Kier molecular flexibility index (Phi) is 56.7. The van der Waals surface area contributed by atoms with E-state index < -0.39 is 6.10 Å². The fraction of sp³-hybridized carbons (Fsp3) is 0.889. The van der Waals surface area contributed by atoms with Gasteiger partial charge in [0.2, 0.25) is 0 Å². The van der Waals surface area contributed by atoms with E-state index in [9.17, 15) is 14.4 Å². The minimum atomic E-state index is -0.773. The molecule has 0 heterocycles. The maximum atomic E-state index is 12.9. The zero-order valence-electron chi connectivity index (χ0n) is 46.6. The fourth-order valence-electron chi connectivity index (χ4n) is 9.26. The lowest BCUT2D eigenvalue weighted by atomic mass is 10.0. The van der Waals surface area contributed by atoms with E-state index in [1.165, 1.54) is 238 Å². The lowest BCUT2D eigenvalue weighted by Gasteiger charge is -2.18. The second-order valence-electron chi connectivity index (χ2n) is 21.0. The van der Waals surface area contributed by atoms with E-state index in [1.807, 2.05) is 0 Å². The largest absolute Gasteiger partial charge is 0.462 e. The molecule has 0 saturated carbocycles. The molecule has 0 aromatic rings. The van der Waals surface area contributed by atoms with Crippen LogP contribution in [0.2, 0.25) is 0 Å². The number of allylic oxidation sites excluding steroid dienone is 4. The van der Waals surface area contributed by atoms with Gasteiger partial charge in [-0.3, -0.25) is 14.4 Å². The molecule has 0 aromatic carbocycles. The standard InChI is InChI=1S/C63H118O6/c1-4-7-10-13-16-19-22-25-27-29-30-31-32-34-35-38-41-44-47-50-53-56-62(65)68-59-60(58-67-61(64)55-52-49-46-43-40-37-24-21-18-15-12-9-6-3)69-63(66)57-54-51-48-45-42-39-36-33-28-26-23-20-17-14-11-8-5-2/h21,24,26,28,60H,4-20,22-23,25,27,29-59H2,1-3H3/b24-21-,28-26-. The average molecular weight is 972 g/mol. The molecule has 1 atom stereocenters. The molecular weight excluding hydrogens is 853 g/mol. The molecule has 69 heavy (non-hydrogen) atoms. The molecule has 1 unspecified atom stereocenters. The molecule has 0 aliphatic heterocycles. The van der Waals surface area contributed by atoms with Crippen molar-refractivity contribution in [1.29, 1.82) is 0 Å². The van der Waals surface area contributed by atoms with Gasteiger partial charge in [0.25, 0.3) is 0 Å². The molecule has 6 nitrogen and oxygen atoms in total. The maximum Gasteiger partial charge on any atom is 0.306 e. The van der Waals surface area contributed by atoms with Gasteiger partial charge in [-0.25, -0.2) is 0 Å². The highest BCUT2D eigenvalue weighted by Crippen LogP contribution is 2.17. The van der Waals surface area contributed by atoms with E-state index in [2.05, 4.69) is 45.1 Å². The van der Waals surface area contributed by atoms with E-state index in [0.29, 0.717) is 19.3 Å². The van der Waals surface area contributed by atoms with E-state index in [-0.39, 0.29) is 31.1 Å². The summed E-state index contributed by atoms with van der Waals surface area (Å²) in [6, 6.07) is 0. The van der Waals surface area contributed by atoms with Gasteiger partial charge in [-0.05, 0) is 70.6 Å². The Morgan fingerprint density at radius 2 is 0.478 bits per heavy atom. The SMILES string of the molecule is CCCCCC/C=C\CCCCCCCC(=O)OCC(COC(=O)CCCCCCCCCCCCCCCCCCCCCCC)OC(=O)CCCCCCCCC/C=C\CCCCCCCC. The molecule has 0 saturated heterocycles. The van der Waals surface area contributed by atoms with Crippen molar-refractivity contribution in [3.05, 3.63) is 24.3 Å². The maximum absolute atomic E-state index is 12.9. The summed E-state index contributed by atoms with van der Waals surface area (Å²) in [5.41, 5.74) is 0. The Hall–Kier alpha value is -2.11. The minimum absolute atomic E-state index is 0.0709. The molecule has 0 radical (unpaired) electrons. The van der Waals surface area contributed by atoms with Crippen LogP contribution in [-0.4, -0.2) is 37.2 Å². The lowest BCUT2D eigenvalue weighted by molar-refractivity contribution is -0.167. The summed E-state index contributed by atoms with van der Waals surface area (Å²) in [5, 5.41) is 0. The molecule has 0 spiro atoms. The van der Waals surface area contributed by atoms with E-state index in [1.54, 1.807) is 0 Å². The highest BCUT2D eigenvalue weighted by Gasteiger charge is 2.19. The number of ether oxygens (including phenoxy) is 3. The Balaban J connectivity index is 4.28. The fourth-order valence-corrected chi connectivity index (χ4v) is 9.26. The van der Waals surface area contributed by atoms with Crippen molar-refractivity contribution in [3.63, 3.8) is 0 Å². The van der Waals surface area contributed by atoms with Crippen molar-refractivity contribution in [1.82, 2.24) is 0 Å². The minimum Gasteiger partial charge on any atom is -0.462 e. The third kappa shape index (κ3) is 56.7. The third-order valence-electron chi connectivity index (χ3n) is 13.9. The van der Waals surface area contributed by atoms with Crippen molar-refractivity contribution in [2.24, 2.45) is 0 Å². The average Bonchev–Trinajstić information content (AvgIpc) is 3.35. The Labute approximate surface area is 430 Å². The number of hydrogen-bond acceptors (Lipinski definition) is 6. The van der Waals surface area contributed by atoms with Gasteiger partial charge in [0.1, 0.15) is 13.2 Å². The summed E-state index contributed by atoms with van der Waals surface area (Å²) >= 11 is 0. The Morgan fingerprint density at radius 1 is 0.275 bits per heavy atom. The van der Waals surface area contributed by atoms with Crippen LogP contribution < -0.4 is 0 Å². The van der Waals surface area contributed by atoms with Crippen LogP contribution in [-0.2, 0) is 28.6 Å². The van der Waals surface area contributed by atoms with Gasteiger partial charge in [0.05, 0.1) is 0 Å². The second-order valence-corrected chi connectivity index (χ2v) is 21.0. The molecule has 0 fully saturated rings. The quantitative estimate of drug-likeness (QED) is 0.0261. The summed E-state index contributed by atoms with van der Waals surface area (Å²) in [6.45, 7) is 6.67. The molecule has 0 rings (SSSR count). The van der Waals surface area contributed by atoms with Gasteiger partial charge in [0.15, 0.2) is 6.10 Å². The van der Waals surface area contributed by atoms with Gasteiger partial charge in [-0.15, -0.1) is 0 Å². The number of esters is 3. The van der Waals surface area contributed by atoms with Gasteiger partial charge < -0.3 is 14.2 Å². The van der Waals surface area contributed by atoms with E-state index in [0.717, 1.165) is 64.2 Å². The van der Waals surface area contributed by atoms with Crippen LogP contribution in [0.3, 0.4) is 0 Å². The number of rotatable bonds is 57. The molecule has 0 aliphatic carbocycles. The molecular formula is C63H118O6. The summed E-state index contributed by atoms with van der Waals surface area (Å²) in [4.78, 5) is 38.2. The van der Waals surface area contributed by atoms with Crippen LogP contribution in [0.1, 0.15) is 342 Å². The number of unbranched alkanes of at least 4 members (excludes halogenated alkanes) is 42. The first-order chi connectivity index (χ1) is 34.0. The molecule has 0 aliphatic rings. The Morgan fingerprint density at radius 3 is 0.739 bits per heavy atom. The molecule has 6 heteroatoms. The zero-order valence-corrected chi connectivity index (χ0v) is 46.6. The first-order valence-electron chi connectivity index (χ1n) is 30.8. The zero-order chi connectivity index (χ0) is 50.0. The predicted octanol–water partition coefficient (Wildman–Crippen LogP) is 20.7. The Bertz CT molecular complexity index is 1110. The van der Waals surface area contributed by atoms with Crippen LogP contribution in [0.25, 0.3) is 0 Å². The van der Waals surface area contributed by atoms with Crippen molar-refractivity contribution in [2.45, 2.75) is 348 Å². The molecule has 0 amide bonds. The summed E-state index contributed by atoms with van der Waals surface area (Å²) < 4.78 is 16.9. The normalized spacial score (nSPS) is 12.1. The first-order valence-corrected chi connectivity index (χ1v) is 30.8. The van der Waals surface area contributed by atoms with Crippen LogP contribution in [0.4, 0.5) is 0 Å². The van der Waals surface area contributed by atoms with Crippen LogP contribution in [0.5, 0.6) is 0 Å². The molecule has 406 valence electrons. The third-order valence-corrected chi connectivity index (χ3v) is 13.9. The number of carbonyl (C=O) groups excluding carboxylic acids is 3. The van der Waals surface area contributed by atoms with Crippen molar-refractivity contribution >= 4 is 17.9 Å². The van der Waals surface area contributed by atoms with E-state index in [4.69, 9.17) is 14.2 Å². The summed E-state index contributed by atoms with van der Waals surface area (Å²) in [5.74, 6) is -0.862. The van der Waals surface area contributed by atoms with E-state index >= 15 is 0 Å². The predicted molar refractivity (Wildman–Crippen MR) is 298 cm³/mol. The second kappa shape index (κ2) is 58.5. The van der Waals surface area contributed by atoms with Crippen LogP contribution in [0, 0.1) is 0 Å². The monoisotopic (exact) mass is 971 g/mol. The smallest absolute Gasteiger partial charge is 0.306 e. The highest BCUT2D eigenvalue weighted by atomic mass is 16.6. The van der Waals surface area contributed by atoms with Gasteiger partial charge in [-0.1, -0.05) is 276 Å². The summed E-state index contributed by atoms with van der Waals surface area (Å²) in [6.07, 6.45) is 68.9. The molecule has 0 aromatic heterocycles. The lowest BCUT2D eigenvalue weighted by Crippen LogP contribution is -2.30. The number of hydrogen-bond donors (Lipinski definition) is 0.